The van der Waals surface area contributed by atoms with Crippen LogP contribution in [-0.4, -0.2) is 40.3 Å². The van der Waals surface area contributed by atoms with Crippen molar-refractivity contribution in [1.29, 1.82) is 0 Å². The van der Waals surface area contributed by atoms with Crippen LogP contribution in [0.2, 0.25) is 0 Å². The number of hydrogen-bond donors (Lipinski definition) is 1. The zero-order chi connectivity index (χ0) is 17.0. The van der Waals surface area contributed by atoms with Gasteiger partial charge in [-0.15, -0.1) is 11.3 Å². The number of hydrogen-bond acceptors (Lipinski definition) is 6. The molecule has 23 heavy (non-hydrogen) atoms. The summed E-state index contributed by atoms with van der Waals surface area (Å²) >= 11 is 1.02. The normalized spacial score (nSPS) is 11.0. The number of sulfonamides is 1. The van der Waals surface area contributed by atoms with Crippen molar-refractivity contribution in [3.63, 3.8) is 0 Å². The molecule has 0 aliphatic carbocycles. The number of carbonyl (C=O) groups is 1. The zero-order valence-electron chi connectivity index (χ0n) is 12.4. The molecule has 0 bridgehead atoms. The molecule has 0 saturated carbocycles. The van der Waals surface area contributed by atoms with Gasteiger partial charge in [0.1, 0.15) is 10.8 Å². The fourth-order valence-electron chi connectivity index (χ4n) is 1.94. The van der Waals surface area contributed by atoms with E-state index in [-0.39, 0.29) is 9.90 Å². The van der Waals surface area contributed by atoms with Crippen molar-refractivity contribution in [1.82, 2.24) is 0 Å². The first-order valence-corrected chi connectivity index (χ1v) is 8.72. The molecule has 9 heteroatoms. The molecule has 0 amide bonds. The highest BCUT2D eigenvalue weighted by Crippen LogP contribution is 2.34. The standard InChI is InChI=1S/C14H15NO6S2/c1-20-11-6-5-10(8-12(11)21-2)15(9-13(16)17)23(18,19)14-4-3-7-22-14/h3-8H,9H2,1-2H3,(H,16,17). The molecule has 0 saturated heterocycles. The molecule has 0 aliphatic heterocycles. The number of nitrogens with zero attached hydrogens (tertiary/aromatic N) is 1. The second-order valence-electron chi connectivity index (χ2n) is 4.38. The number of carboxylic acid groups (broad SMARTS) is 1. The van der Waals surface area contributed by atoms with Crippen molar-refractivity contribution >= 4 is 33.0 Å². The summed E-state index contributed by atoms with van der Waals surface area (Å²) in [6.07, 6.45) is 0. The number of carboxylic acids is 1. The lowest BCUT2D eigenvalue weighted by Gasteiger charge is -2.22. The van der Waals surface area contributed by atoms with Gasteiger partial charge in [0.05, 0.1) is 19.9 Å². The van der Waals surface area contributed by atoms with E-state index >= 15 is 0 Å². The van der Waals surface area contributed by atoms with Crippen molar-refractivity contribution in [2.24, 2.45) is 0 Å². The lowest BCUT2D eigenvalue weighted by molar-refractivity contribution is -0.135. The number of aliphatic carboxylic acids is 1. The Labute approximate surface area is 137 Å². The van der Waals surface area contributed by atoms with Gasteiger partial charge >= 0.3 is 5.97 Å². The minimum absolute atomic E-state index is 0.0635. The Bertz CT molecular complexity index is 786. The number of ether oxygens (including phenoxy) is 2. The minimum Gasteiger partial charge on any atom is -0.493 e. The van der Waals surface area contributed by atoms with Crippen LogP contribution in [-0.2, 0) is 14.8 Å². The molecule has 0 spiro atoms. The summed E-state index contributed by atoms with van der Waals surface area (Å²) in [6.45, 7) is -0.699. The molecule has 0 atom stereocenters. The van der Waals surface area contributed by atoms with Crippen LogP contribution in [0.25, 0.3) is 0 Å². The first-order chi connectivity index (χ1) is 10.9. The molecule has 1 aromatic carbocycles. The van der Waals surface area contributed by atoms with Crippen LogP contribution in [0.4, 0.5) is 5.69 Å². The Kier molecular flexibility index (Phi) is 5.12. The largest absolute Gasteiger partial charge is 0.493 e. The summed E-state index contributed by atoms with van der Waals surface area (Å²) in [5.41, 5.74) is 0.179. The van der Waals surface area contributed by atoms with Crippen LogP contribution < -0.4 is 13.8 Å². The van der Waals surface area contributed by atoms with E-state index in [0.29, 0.717) is 11.5 Å². The van der Waals surface area contributed by atoms with Gasteiger partial charge in [-0.25, -0.2) is 8.42 Å². The average Bonchev–Trinajstić information content (AvgIpc) is 3.07. The second-order valence-corrected chi connectivity index (χ2v) is 7.41. The first-order valence-electron chi connectivity index (χ1n) is 6.40. The first kappa shape index (κ1) is 17.1. The van der Waals surface area contributed by atoms with Crippen LogP contribution in [0.1, 0.15) is 0 Å². The van der Waals surface area contributed by atoms with Gasteiger partial charge in [-0.3, -0.25) is 9.10 Å². The Hall–Kier alpha value is -2.26. The highest BCUT2D eigenvalue weighted by atomic mass is 32.2. The monoisotopic (exact) mass is 357 g/mol. The van der Waals surface area contributed by atoms with E-state index in [1.165, 1.54) is 38.5 Å². The summed E-state index contributed by atoms with van der Waals surface area (Å²) < 4.78 is 36.5. The maximum Gasteiger partial charge on any atom is 0.324 e. The minimum atomic E-state index is -3.98. The van der Waals surface area contributed by atoms with Crippen molar-refractivity contribution in [3.8, 4) is 11.5 Å². The zero-order valence-corrected chi connectivity index (χ0v) is 14.1. The molecule has 2 rings (SSSR count). The lowest BCUT2D eigenvalue weighted by atomic mass is 10.2. The van der Waals surface area contributed by atoms with Crippen molar-refractivity contribution in [3.05, 3.63) is 35.7 Å². The number of benzene rings is 1. The van der Waals surface area contributed by atoms with Gasteiger partial charge < -0.3 is 14.6 Å². The summed E-state index contributed by atoms with van der Waals surface area (Å²) in [5, 5.41) is 10.7. The molecular formula is C14H15NO6S2. The van der Waals surface area contributed by atoms with E-state index in [2.05, 4.69) is 0 Å². The molecule has 0 fully saturated rings. The number of rotatable bonds is 7. The third kappa shape index (κ3) is 3.57. The van der Waals surface area contributed by atoms with E-state index in [9.17, 15) is 13.2 Å². The fraction of sp³-hybridized carbons (Fsp3) is 0.214. The Morgan fingerprint density at radius 1 is 1.22 bits per heavy atom. The maximum atomic E-state index is 12.7. The van der Waals surface area contributed by atoms with Crippen molar-refractivity contribution in [2.75, 3.05) is 25.1 Å². The fourth-order valence-corrected chi connectivity index (χ4v) is 4.45. The van der Waals surface area contributed by atoms with Crippen LogP contribution in [0.15, 0.2) is 39.9 Å². The van der Waals surface area contributed by atoms with Gasteiger partial charge in [0.2, 0.25) is 0 Å². The summed E-state index contributed by atoms with van der Waals surface area (Å²) in [7, 11) is -1.11. The Balaban J connectivity index is 2.54. The molecule has 7 nitrogen and oxygen atoms in total. The number of thiophene rings is 1. The van der Waals surface area contributed by atoms with Crippen molar-refractivity contribution in [2.45, 2.75) is 4.21 Å². The maximum absolute atomic E-state index is 12.7. The quantitative estimate of drug-likeness (QED) is 0.815. The van der Waals surface area contributed by atoms with Gasteiger partial charge in [0, 0.05) is 6.07 Å². The van der Waals surface area contributed by atoms with E-state index in [0.717, 1.165) is 15.6 Å². The Morgan fingerprint density at radius 3 is 2.43 bits per heavy atom. The molecule has 0 radical (unpaired) electrons. The predicted octanol–water partition coefficient (Wildman–Crippen LogP) is 2.05. The molecule has 1 N–H and O–H groups in total. The second kappa shape index (κ2) is 6.88. The van der Waals surface area contributed by atoms with E-state index < -0.39 is 22.5 Å². The van der Waals surface area contributed by atoms with Gasteiger partial charge in [-0.1, -0.05) is 6.07 Å². The van der Waals surface area contributed by atoms with Crippen LogP contribution in [0, 0.1) is 0 Å². The molecule has 124 valence electrons. The van der Waals surface area contributed by atoms with Crippen LogP contribution in [0.5, 0.6) is 11.5 Å². The average molecular weight is 357 g/mol. The Morgan fingerprint density at radius 2 is 1.91 bits per heavy atom. The smallest absolute Gasteiger partial charge is 0.324 e. The van der Waals surface area contributed by atoms with Crippen LogP contribution >= 0.6 is 11.3 Å². The highest BCUT2D eigenvalue weighted by molar-refractivity contribution is 7.94. The van der Waals surface area contributed by atoms with E-state index in [1.807, 2.05) is 0 Å². The molecule has 0 unspecified atom stereocenters. The highest BCUT2D eigenvalue weighted by Gasteiger charge is 2.28. The lowest BCUT2D eigenvalue weighted by Crippen LogP contribution is -2.35. The van der Waals surface area contributed by atoms with Crippen LogP contribution in [0.3, 0.4) is 0 Å². The third-order valence-electron chi connectivity index (χ3n) is 2.97. The predicted molar refractivity (Wildman–Crippen MR) is 86.0 cm³/mol. The topological polar surface area (TPSA) is 93.1 Å². The van der Waals surface area contributed by atoms with Gasteiger partial charge in [-0.2, -0.15) is 0 Å². The number of anilines is 1. The summed E-state index contributed by atoms with van der Waals surface area (Å²) in [4.78, 5) is 11.1. The summed E-state index contributed by atoms with van der Waals surface area (Å²) in [6, 6.07) is 7.43. The van der Waals surface area contributed by atoms with Crippen molar-refractivity contribution < 1.29 is 27.8 Å². The molecule has 1 heterocycles. The third-order valence-corrected chi connectivity index (χ3v) is 6.12. The number of methoxy groups -OCH3 is 2. The summed E-state index contributed by atoms with van der Waals surface area (Å²) in [5.74, 6) is -0.540. The van der Waals surface area contributed by atoms with Gasteiger partial charge in [-0.05, 0) is 23.6 Å². The molecular weight excluding hydrogens is 342 g/mol. The molecule has 1 aromatic heterocycles. The van der Waals surface area contributed by atoms with E-state index in [4.69, 9.17) is 14.6 Å². The molecule has 2 aromatic rings. The van der Waals surface area contributed by atoms with Gasteiger partial charge in [0.15, 0.2) is 11.5 Å². The molecule has 0 aliphatic rings. The van der Waals surface area contributed by atoms with E-state index in [1.54, 1.807) is 11.4 Å². The SMILES string of the molecule is COc1ccc(N(CC(=O)O)S(=O)(=O)c2cccs2)cc1OC. The van der Waals surface area contributed by atoms with Gasteiger partial charge in [0.25, 0.3) is 10.0 Å².